The zero-order chi connectivity index (χ0) is 19.5. The minimum absolute atomic E-state index is 0.0910. The number of amides is 1. The van der Waals surface area contributed by atoms with Gasteiger partial charge in [-0.3, -0.25) is 9.59 Å². The number of para-hydroxylation sites is 1. The van der Waals surface area contributed by atoms with Crippen LogP contribution < -0.4 is 0 Å². The van der Waals surface area contributed by atoms with Gasteiger partial charge >= 0.3 is 5.97 Å². The maximum atomic E-state index is 12.7. The highest BCUT2D eigenvalue weighted by atomic mass is 32.1. The summed E-state index contributed by atoms with van der Waals surface area (Å²) >= 11 is 1.42. The molecule has 1 amide bonds. The number of likely N-dealkylation sites (tertiary alicyclic amines) is 1. The topological polar surface area (TPSA) is 88.3 Å². The number of aromatic nitrogens is 3. The SMILES string of the molecule is O=C(O)CC1CCN(C(=O)c2csc(-c3cnn(-c4ccccc4)c3)n2)CC1. The van der Waals surface area contributed by atoms with Gasteiger partial charge in [-0.2, -0.15) is 5.10 Å². The number of piperidine rings is 1. The van der Waals surface area contributed by atoms with Crippen LogP contribution in [0, 0.1) is 5.92 Å². The highest BCUT2D eigenvalue weighted by Crippen LogP contribution is 2.26. The zero-order valence-corrected chi connectivity index (χ0v) is 16.0. The third kappa shape index (κ3) is 3.96. The summed E-state index contributed by atoms with van der Waals surface area (Å²) in [4.78, 5) is 29.8. The average molecular weight is 396 g/mol. The number of carbonyl (C=O) groups excluding carboxylic acids is 1. The van der Waals surface area contributed by atoms with Crippen LogP contribution in [0.1, 0.15) is 29.8 Å². The van der Waals surface area contributed by atoms with Crippen molar-refractivity contribution in [1.82, 2.24) is 19.7 Å². The number of hydrogen-bond donors (Lipinski definition) is 1. The molecule has 0 bridgehead atoms. The Hall–Kier alpha value is -3.00. The van der Waals surface area contributed by atoms with E-state index in [1.165, 1.54) is 11.3 Å². The molecule has 0 atom stereocenters. The van der Waals surface area contributed by atoms with E-state index in [2.05, 4.69) is 10.1 Å². The Kier molecular flexibility index (Phi) is 5.21. The van der Waals surface area contributed by atoms with Gasteiger partial charge in [0, 0.05) is 36.7 Å². The second-order valence-electron chi connectivity index (χ2n) is 6.88. The van der Waals surface area contributed by atoms with Crippen LogP contribution in [-0.2, 0) is 4.79 Å². The fourth-order valence-electron chi connectivity index (χ4n) is 3.41. The van der Waals surface area contributed by atoms with Crippen molar-refractivity contribution in [1.29, 1.82) is 0 Å². The Bertz CT molecular complexity index is 974. The normalized spacial score (nSPS) is 14.9. The Labute approximate surface area is 166 Å². The number of aliphatic carboxylic acids is 1. The zero-order valence-electron chi connectivity index (χ0n) is 15.2. The minimum atomic E-state index is -0.773. The summed E-state index contributed by atoms with van der Waals surface area (Å²) in [7, 11) is 0. The summed E-state index contributed by atoms with van der Waals surface area (Å²) in [6.07, 6.45) is 5.27. The number of nitrogens with zero attached hydrogens (tertiary/aromatic N) is 4. The molecule has 1 N–H and O–H groups in total. The molecule has 1 saturated heterocycles. The predicted molar refractivity (Wildman–Crippen MR) is 106 cm³/mol. The number of carboxylic acids is 1. The van der Waals surface area contributed by atoms with Gasteiger partial charge in [0.1, 0.15) is 10.7 Å². The number of hydrogen-bond acceptors (Lipinski definition) is 5. The van der Waals surface area contributed by atoms with Crippen LogP contribution in [-0.4, -0.2) is 49.7 Å². The van der Waals surface area contributed by atoms with Crippen LogP contribution in [0.5, 0.6) is 0 Å². The standard InChI is InChI=1S/C20H20N4O3S/c25-18(26)10-14-6-8-23(9-7-14)20(27)17-13-28-19(22-17)15-11-21-24(12-15)16-4-2-1-3-5-16/h1-5,11-14H,6-10H2,(H,25,26). The highest BCUT2D eigenvalue weighted by Gasteiger charge is 2.26. The Balaban J connectivity index is 1.43. The number of benzene rings is 1. The molecule has 0 aliphatic carbocycles. The van der Waals surface area contributed by atoms with Gasteiger partial charge in [-0.25, -0.2) is 9.67 Å². The largest absolute Gasteiger partial charge is 0.481 e. The Morgan fingerprint density at radius 3 is 2.64 bits per heavy atom. The van der Waals surface area contributed by atoms with Gasteiger partial charge < -0.3 is 10.0 Å². The van der Waals surface area contributed by atoms with Crippen molar-refractivity contribution in [2.24, 2.45) is 5.92 Å². The molecular weight excluding hydrogens is 376 g/mol. The lowest BCUT2D eigenvalue weighted by Crippen LogP contribution is -2.39. The summed E-state index contributed by atoms with van der Waals surface area (Å²) in [6.45, 7) is 1.16. The lowest BCUT2D eigenvalue weighted by Gasteiger charge is -2.30. The number of rotatable bonds is 5. The fourth-order valence-corrected chi connectivity index (χ4v) is 4.18. The lowest BCUT2D eigenvalue weighted by molar-refractivity contribution is -0.138. The summed E-state index contributed by atoms with van der Waals surface area (Å²) in [5.41, 5.74) is 2.27. The van der Waals surface area contributed by atoms with Gasteiger partial charge in [0.25, 0.3) is 5.91 Å². The monoisotopic (exact) mass is 396 g/mol. The van der Waals surface area contributed by atoms with Crippen LogP contribution >= 0.6 is 11.3 Å². The molecule has 1 fully saturated rings. The van der Waals surface area contributed by atoms with E-state index in [1.807, 2.05) is 36.5 Å². The third-order valence-corrected chi connectivity index (χ3v) is 5.83. The molecule has 8 heteroatoms. The maximum absolute atomic E-state index is 12.7. The van der Waals surface area contributed by atoms with Gasteiger partial charge in [0.05, 0.1) is 11.9 Å². The van der Waals surface area contributed by atoms with Crippen LogP contribution in [0.2, 0.25) is 0 Å². The van der Waals surface area contributed by atoms with Gasteiger partial charge in [0.2, 0.25) is 0 Å². The van der Waals surface area contributed by atoms with E-state index in [0.29, 0.717) is 18.8 Å². The number of carbonyl (C=O) groups is 2. The lowest BCUT2D eigenvalue weighted by atomic mass is 9.93. The molecule has 0 unspecified atom stereocenters. The quantitative estimate of drug-likeness (QED) is 0.715. The van der Waals surface area contributed by atoms with Gasteiger partial charge in [-0.15, -0.1) is 11.3 Å². The summed E-state index contributed by atoms with van der Waals surface area (Å²) in [6, 6.07) is 9.81. The van der Waals surface area contributed by atoms with Crippen molar-refractivity contribution in [3.63, 3.8) is 0 Å². The molecule has 1 aromatic carbocycles. The van der Waals surface area contributed by atoms with E-state index in [9.17, 15) is 9.59 Å². The Morgan fingerprint density at radius 2 is 1.93 bits per heavy atom. The van der Waals surface area contributed by atoms with Crippen molar-refractivity contribution in [2.75, 3.05) is 13.1 Å². The molecule has 28 heavy (non-hydrogen) atoms. The van der Waals surface area contributed by atoms with Gasteiger partial charge in [0.15, 0.2) is 0 Å². The predicted octanol–water partition coefficient (Wildman–Crippen LogP) is 3.32. The van der Waals surface area contributed by atoms with E-state index in [1.54, 1.807) is 21.2 Å². The molecule has 4 rings (SSSR count). The van der Waals surface area contributed by atoms with Crippen LogP contribution in [0.25, 0.3) is 16.3 Å². The van der Waals surface area contributed by atoms with Crippen molar-refractivity contribution >= 4 is 23.2 Å². The molecule has 3 aromatic rings. The first-order valence-corrected chi connectivity index (χ1v) is 10.0. The molecule has 144 valence electrons. The molecule has 3 heterocycles. The maximum Gasteiger partial charge on any atom is 0.303 e. The molecule has 2 aromatic heterocycles. The first-order chi connectivity index (χ1) is 13.6. The molecule has 0 spiro atoms. The van der Waals surface area contributed by atoms with Crippen molar-refractivity contribution in [3.8, 4) is 16.3 Å². The van der Waals surface area contributed by atoms with Crippen molar-refractivity contribution in [3.05, 3.63) is 53.8 Å². The summed E-state index contributed by atoms with van der Waals surface area (Å²) in [5.74, 6) is -0.715. The third-order valence-electron chi connectivity index (χ3n) is 4.94. The van der Waals surface area contributed by atoms with E-state index in [0.717, 1.165) is 29.1 Å². The van der Waals surface area contributed by atoms with E-state index in [4.69, 9.17) is 5.11 Å². The number of carboxylic acid groups (broad SMARTS) is 1. The van der Waals surface area contributed by atoms with Crippen molar-refractivity contribution < 1.29 is 14.7 Å². The van der Waals surface area contributed by atoms with Crippen LogP contribution in [0.15, 0.2) is 48.1 Å². The molecule has 1 aliphatic heterocycles. The van der Waals surface area contributed by atoms with Gasteiger partial charge in [-0.1, -0.05) is 18.2 Å². The Morgan fingerprint density at radius 1 is 1.18 bits per heavy atom. The summed E-state index contributed by atoms with van der Waals surface area (Å²) < 4.78 is 1.78. The molecule has 0 radical (unpaired) electrons. The van der Waals surface area contributed by atoms with Crippen LogP contribution in [0.4, 0.5) is 0 Å². The highest BCUT2D eigenvalue weighted by molar-refractivity contribution is 7.13. The van der Waals surface area contributed by atoms with Crippen LogP contribution in [0.3, 0.4) is 0 Å². The minimum Gasteiger partial charge on any atom is -0.481 e. The first kappa shape index (κ1) is 18.4. The molecular formula is C20H20N4O3S. The molecule has 1 aliphatic rings. The molecule has 0 saturated carbocycles. The van der Waals surface area contributed by atoms with E-state index < -0.39 is 5.97 Å². The smallest absolute Gasteiger partial charge is 0.303 e. The first-order valence-electron chi connectivity index (χ1n) is 9.17. The van der Waals surface area contributed by atoms with E-state index >= 15 is 0 Å². The fraction of sp³-hybridized carbons (Fsp3) is 0.300. The van der Waals surface area contributed by atoms with Gasteiger partial charge in [-0.05, 0) is 30.9 Å². The molecule has 7 nitrogen and oxygen atoms in total. The summed E-state index contributed by atoms with van der Waals surface area (Å²) in [5, 5.41) is 15.8. The number of thiazole rings is 1. The second kappa shape index (κ2) is 7.93. The average Bonchev–Trinajstić information content (AvgIpc) is 3.38. The van der Waals surface area contributed by atoms with E-state index in [-0.39, 0.29) is 18.2 Å². The van der Waals surface area contributed by atoms with Crippen molar-refractivity contribution in [2.45, 2.75) is 19.3 Å². The second-order valence-corrected chi connectivity index (χ2v) is 7.74.